The van der Waals surface area contributed by atoms with Gasteiger partial charge in [0.2, 0.25) is 0 Å². The maximum atomic E-state index is 11.9. The summed E-state index contributed by atoms with van der Waals surface area (Å²) in [6, 6.07) is 13.4. The van der Waals surface area contributed by atoms with Crippen molar-refractivity contribution in [2.75, 3.05) is 19.0 Å². The Bertz CT molecular complexity index is 1060. The highest BCUT2D eigenvalue weighted by Crippen LogP contribution is 2.25. The van der Waals surface area contributed by atoms with Crippen LogP contribution in [0, 0.1) is 16.1 Å². The maximum Gasteiger partial charge on any atom is 0.270 e. The average Bonchev–Trinajstić information content (AvgIpc) is 2.61. The van der Waals surface area contributed by atoms with Gasteiger partial charge >= 0.3 is 0 Å². The minimum absolute atomic E-state index is 0.0124. The number of nitrogens with one attached hydrogen (secondary N) is 2. The Morgan fingerprint density at radius 1 is 1.04 bits per heavy atom. The Kier molecular flexibility index (Phi) is 4.46. The Hall–Kier alpha value is -3.24. The molecular formula is C18H15N5OS. The molecule has 0 radical (unpaired) electrons. The number of rotatable bonds is 3. The molecule has 2 heterocycles. The van der Waals surface area contributed by atoms with E-state index in [2.05, 4.69) is 15.0 Å². The molecule has 2 N–H and O–H groups in total. The minimum Gasteiger partial charge on any atom is -0.363 e. The Morgan fingerprint density at radius 2 is 1.68 bits per heavy atom. The van der Waals surface area contributed by atoms with Crippen LogP contribution in [0.2, 0.25) is 0 Å². The van der Waals surface area contributed by atoms with E-state index in [1.807, 2.05) is 67.7 Å². The summed E-state index contributed by atoms with van der Waals surface area (Å²) in [5.41, 5.74) is 2.63. The quantitative estimate of drug-likeness (QED) is 0.709. The first-order valence-electron chi connectivity index (χ1n) is 7.50. The molecule has 0 bridgehead atoms. The first-order chi connectivity index (χ1) is 12.0. The van der Waals surface area contributed by atoms with Gasteiger partial charge < -0.3 is 9.88 Å². The van der Waals surface area contributed by atoms with Crippen molar-refractivity contribution in [3.8, 4) is 28.5 Å². The molecule has 6 nitrogen and oxygen atoms in total. The normalized spacial score (nSPS) is 10.3. The molecule has 0 unspecified atom stereocenters. The van der Waals surface area contributed by atoms with Crippen LogP contribution in [0.1, 0.15) is 5.56 Å². The van der Waals surface area contributed by atoms with Crippen molar-refractivity contribution in [2.45, 2.75) is 0 Å². The fraction of sp³-hybridized carbons (Fsp3) is 0.111. The van der Waals surface area contributed by atoms with Gasteiger partial charge in [-0.25, -0.2) is 4.98 Å². The zero-order valence-corrected chi connectivity index (χ0v) is 14.5. The Labute approximate surface area is 149 Å². The summed E-state index contributed by atoms with van der Waals surface area (Å²) in [7, 11) is 3.88. The number of nitriles is 1. The van der Waals surface area contributed by atoms with E-state index < -0.39 is 5.56 Å². The number of aromatic amines is 2. The second kappa shape index (κ2) is 6.71. The molecule has 0 aliphatic rings. The van der Waals surface area contributed by atoms with Gasteiger partial charge in [0.25, 0.3) is 5.56 Å². The molecule has 0 amide bonds. The molecule has 3 rings (SSSR count). The molecule has 25 heavy (non-hydrogen) atoms. The Balaban J connectivity index is 2.00. The SMILES string of the molecule is CN(C)c1ccc(-c2ccc(-c3[nH]c(=S)[nH]c(=O)c3C#N)cc2)cn1. The summed E-state index contributed by atoms with van der Waals surface area (Å²) >= 11 is 5.00. The number of hydrogen-bond donors (Lipinski definition) is 2. The van der Waals surface area contributed by atoms with Crippen LogP contribution in [0.4, 0.5) is 5.82 Å². The largest absolute Gasteiger partial charge is 0.363 e. The third kappa shape index (κ3) is 3.34. The molecule has 0 aliphatic carbocycles. The number of benzene rings is 1. The molecule has 0 spiro atoms. The van der Waals surface area contributed by atoms with Crippen molar-refractivity contribution >= 4 is 18.0 Å². The molecule has 3 aromatic rings. The fourth-order valence-electron chi connectivity index (χ4n) is 2.46. The molecule has 1 aromatic carbocycles. The molecule has 0 aliphatic heterocycles. The van der Waals surface area contributed by atoms with E-state index in [1.165, 1.54) is 0 Å². The van der Waals surface area contributed by atoms with Gasteiger partial charge in [0, 0.05) is 25.9 Å². The number of anilines is 1. The molecular weight excluding hydrogens is 334 g/mol. The van der Waals surface area contributed by atoms with Crippen LogP contribution in [-0.2, 0) is 0 Å². The molecule has 2 aromatic heterocycles. The number of H-pyrrole nitrogens is 2. The van der Waals surface area contributed by atoms with Crippen molar-refractivity contribution in [1.82, 2.24) is 15.0 Å². The molecule has 7 heteroatoms. The van der Waals surface area contributed by atoms with E-state index in [-0.39, 0.29) is 10.3 Å². The van der Waals surface area contributed by atoms with E-state index in [0.717, 1.165) is 22.5 Å². The summed E-state index contributed by atoms with van der Waals surface area (Å²) in [5.74, 6) is 0.884. The zero-order valence-electron chi connectivity index (χ0n) is 13.7. The first-order valence-corrected chi connectivity index (χ1v) is 7.91. The van der Waals surface area contributed by atoms with E-state index in [0.29, 0.717) is 5.69 Å². The third-order valence-corrected chi connectivity index (χ3v) is 3.97. The maximum absolute atomic E-state index is 11.9. The van der Waals surface area contributed by atoms with E-state index >= 15 is 0 Å². The third-order valence-electron chi connectivity index (χ3n) is 3.77. The molecule has 0 fully saturated rings. The lowest BCUT2D eigenvalue weighted by atomic mass is 10.0. The lowest BCUT2D eigenvalue weighted by Crippen LogP contribution is -2.13. The number of nitrogens with zero attached hydrogens (tertiary/aromatic N) is 3. The van der Waals surface area contributed by atoms with Gasteiger partial charge in [-0.15, -0.1) is 0 Å². The second-order valence-corrected chi connectivity index (χ2v) is 6.06. The standard InChI is InChI=1S/C18H15N5OS/c1-23(2)15-8-7-13(10-20-15)11-3-5-12(6-4-11)16-14(9-19)17(24)22-18(25)21-16/h3-8,10H,1-2H3,(H2,21,22,24,25). The van der Waals surface area contributed by atoms with Crippen LogP contribution in [0.25, 0.3) is 22.4 Å². The van der Waals surface area contributed by atoms with Gasteiger partial charge in [-0.1, -0.05) is 24.3 Å². The number of hydrogen-bond acceptors (Lipinski definition) is 5. The van der Waals surface area contributed by atoms with Crippen LogP contribution in [0.3, 0.4) is 0 Å². The van der Waals surface area contributed by atoms with E-state index in [4.69, 9.17) is 12.2 Å². The van der Waals surface area contributed by atoms with E-state index in [9.17, 15) is 10.1 Å². The predicted molar refractivity (Wildman–Crippen MR) is 100.0 cm³/mol. The second-order valence-electron chi connectivity index (χ2n) is 5.65. The highest BCUT2D eigenvalue weighted by atomic mass is 32.1. The summed E-state index contributed by atoms with van der Waals surface area (Å²) < 4.78 is 0.187. The van der Waals surface area contributed by atoms with Gasteiger partial charge in [0.1, 0.15) is 17.5 Å². The van der Waals surface area contributed by atoms with Crippen molar-refractivity contribution in [3.05, 3.63) is 63.3 Å². The topological polar surface area (TPSA) is 88.6 Å². The van der Waals surface area contributed by atoms with Crippen LogP contribution in [-0.4, -0.2) is 29.0 Å². The summed E-state index contributed by atoms with van der Waals surface area (Å²) in [5, 5.41) is 9.22. The lowest BCUT2D eigenvalue weighted by molar-refractivity contribution is 1.07. The van der Waals surface area contributed by atoms with Crippen LogP contribution in [0.5, 0.6) is 0 Å². The van der Waals surface area contributed by atoms with Gasteiger partial charge in [0.05, 0.1) is 5.69 Å². The van der Waals surface area contributed by atoms with Crippen molar-refractivity contribution < 1.29 is 0 Å². The number of aromatic nitrogens is 3. The zero-order chi connectivity index (χ0) is 18.0. The lowest BCUT2D eigenvalue weighted by Gasteiger charge is -2.11. The molecule has 0 saturated carbocycles. The summed E-state index contributed by atoms with van der Waals surface area (Å²) in [4.78, 5) is 23.5. The van der Waals surface area contributed by atoms with Crippen molar-refractivity contribution in [3.63, 3.8) is 0 Å². The Morgan fingerprint density at radius 3 is 2.24 bits per heavy atom. The van der Waals surface area contributed by atoms with Crippen molar-refractivity contribution in [2.24, 2.45) is 0 Å². The highest BCUT2D eigenvalue weighted by molar-refractivity contribution is 7.71. The fourth-order valence-corrected chi connectivity index (χ4v) is 2.66. The molecule has 124 valence electrons. The van der Waals surface area contributed by atoms with Crippen molar-refractivity contribution in [1.29, 1.82) is 5.26 Å². The summed E-state index contributed by atoms with van der Waals surface area (Å²) in [6.07, 6.45) is 1.81. The van der Waals surface area contributed by atoms with E-state index in [1.54, 1.807) is 0 Å². The van der Waals surface area contributed by atoms with Gasteiger partial charge in [0.15, 0.2) is 4.77 Å². The first kappa shape index (κ1) is 16.6. The smallest absolute Gasteiger partial charge is 0.270 e. The van der Waals surface area contributed by atoms with Crippen LogP contribution >= 0.6 is 12.2 Å². The molecule has 0 atom stereocenters. The highest BCUT2D eigenvalue weighted by Gasteiger charge is 2.10. The number of pyridine rings is 1. The van der Waals surface area contributed by atoms with Gasteiger partial charge in [-0.3, -0.25) is 9.78 Å². The monoisotopic (exact) mass is 349 g/mol. The predicted octanol–water partition coefficient (Wildman–Crippen LogP) is 3.10. The van der Waals surface area contributed by atoms with Crippen LogP contribution in [0.15, 0.2) is 47.4 Å². The van der Waals surface area contributed by atoms with Gasteiger partial charge in [-0.2, -0.15) is 5.26 Å². The van der Waals surface area contributed by atoms with Crippen LogP contribution < -0.4 is 10.5 Å². The molecule has 0 saturated heterocycles. The average molecular weight is 349 g/mol. The minimum atomic E-state index is -0.492. The summed E-state index contributed by atoms with van der Waals surface area (Å²) in [6.45, 7) is 0. The van der Waals surface area contributed by atoms with Gasteiger partial charge in [-0.05, 0) is 35.5 Å².